The van der Waals surface area contributed by atoms with Crippen LogP contribution in [0.1, 0.15) is 29.3 Å². The lowest BCUT2D eigenvalue weighted by Crippen LogP contribution is -2.23. The van der Waals surface area contributed by atoms with E-state index in [9.17, 15) is 14.7 Å². The van der Waals surface area contributed by atoms with Crippen LogP contribution in [0.3, 0.4) is 0 Å². The molecule has 92 valence electrons. The molecule has 0 aliphatic rings. The van der Waals surface area contributed by atoms with Gasteiger partial charge in [0, 0.05) is 24.1 Å². The highest BCUT2D eigenvalue weighted by Gasteiger charge is 2.08. The molecule has 0 saturated carbocycles. The second kappa shape index (κ2) is 6.25. The van der Waals surface area contributed by atoms with E-state index in [1.165, 1.54) is 6.07 Å². The number of rotatable bonds is 5. The second-order valence-corrected chi connectivity index (χ2v) is 3.80. The molecule has 1 amide bonds. The van der Waals surface area contributed by atoms with Gasteiger partial charge in [0.05, 0.1) is 0 Å². The molecule has 1 aromatic rings. The summed E-state index contributed by atoms with van der Waals surface area (Å²) in [4.78, 5) is 22.5. The molecule has 0 bridgehead atoms. The van der Waals surface area contributed by atoms with Crippen molar-refractivity contribution in [3.63, 3.8) is 0 Å². The Hall–Kier alpha value is -1.55. The third-order valence-electron chi connectivity index (χ3n) is 2.32. The first-order valence-corrected chi connectivity index (χ1v) is 5.79. The summed E-state index contributed by atoms with van der Waals surface area (Å²) in [6.07, 6.45) is 0.401. The molecule has 0 heterocycles. The Balaban J connectivity index is 2.83. The smallest absolute Gasteiger partial charge is 0.235 e. The quantitative estimate of drug-likeness (QED) is 0.623. The number of halogens is 1. The van der Waals surface area contributed by atoms with E-state index in [0.717, 1.165) is 0 Å². The molecule has 2 N–H and O–H groups in total. The number of aromatic hydroxyl groups is 1. The third kappa shape index (κ3) is 3.75. The lowest BCUT2D eigenvalue weighted by molar-refractivity contribution is -0.118. The number of Topliss-reactive ketones (excluding diaryl/α,β-unsaturated/α-hetero) is 1. The monoisotopic (exact) mass is 255 g/mol. The topological polar surface area (TPSA) is 66.4 Å². The molecule has 0 aliphatic heterocycles. The van der Waals surface area contributed by atoms with Crippen molar-refractivity contribution in [1.29, 1.82) is 0 Å². The van der Waals surface area contributed by atoms with E-state index in [1.807, 2.05) is 0 Å². The molecule has 4 nitrogen and oxygen atoms in total. The minimum Gasteiger partial charge on any atom is -0.508 e. The van der Waals surface area contributed by atoms with Crippen molar-refractivity contribution >= 4 is 23.3 Å². The van der Waals surface area contributed by atoms with Crippen LogP contribution < -0.4 is 5.32 Å². The van der Waals surface area contributed by atoms with Crippen molar-refractivity contribution in [3.8, 4) is 5.75 Å². The summed E-state index contributed by atoms with van der Waals surface area (Å²) < 4.78 is 0. The van der Waals surface area contributed by atoms with Gasteiger partial charge in [-0.1, -0.05) is 6.92 Å². The Bertz CT molecular complexity index is 432. The molecular weight excluding hydrogens is 242 g/mol. The molecule has 1 aromatic carbocycles. The average molecular weight is 256 g/mol. The average Bonchev–Trinajstić information content (AvgIpc) is 2.36. The van der Waals surface area contributed by atoms with Crippen LogP contribution in [-0.2, 0) is 11.3 Å². The highest BCUT2D eigenvalue weighted by molar-refractivity contribution is 6.27. The number of nitrogens with one attached hydrogen (secondary N) is 1. The Kier molecular flexibility index (Phi) is 4.97. The van der Waals surface area contributed by atoms with Gasteiger partial charge in [0.15, 0.2) is 5.78 Å². The molecule has 5 heteroatoms. The minimum absolute atomic E-state index is 0.00470. The molecule has 0 aliphatic carbocycles. The van der Waals surface area contributed by atoms with E-state index >= 15 is 0 Å². The number of benzene rings is 1. The van der Waals surface area contributed by atoms with Crippen LogP contribution in [0.4, 0.5) is 0 Å². The van der Waals surface area contributed by atoms with Crippen LogP contribution in [0.2, 0.25) is 0 Å². The summed E-state index contributed by atoms with van der Waals surface area (Å²) in [5.41, 5.74) is 1.03. The van der Waals surface area contributed by atoms with Gasteiger partial charge in [-0.25, -0.2) is 0 Å². The van der Waals surface area contributed by atoms with E-state index < -0.39 is 0 Å². The SMILES string of the molecule is CCC(=O)c1ccc(O)c(CNC(=O)CCl)c1. The number of phenolic OH excluding ortho intramolecular Hbond substituents is 1. The summed E-state index contributed by atoms with van der Waals surface area (Å²) in [7, 11) is 0. The van der Waals surface area contributed by atoms with Gasteiger partial charge in [-0.3, -0.25) is 9.59 Å². The maximum atomic E-state index is 11.5. The molecule has 0 aromatic heterocycles. The van der Waals surface area contributed by atoms with E-state index in [2.05, 4.69) is 5.32 Å². The van der Waals surface area contributed by atoms with Gasteiger partial charge in [-0.15, -0.1) is 11.6 Å². The largest absolute Gasteiger partial charge is 0.508 e. The molecule has 0 fully saturated rings. The molecular formula is C12H14ClNO3. The van der Waals surface area contributed by atoms with E-state index in [0.29, 0.717) is 17.5 Å². The van der Waals surface area contributed by atoms with Crippen LogP contribution in [0.5, 0.6) is 5.75 Å². The summed E-state index contributed by atoms with van der Waals surface area (Å²) >= 11 is 5.33. The van der Waals surface area contributed by atoms with Crippen molar-refractivity contribution in [1.82, 2.24) is 5.32 Å². The Morgan fingerprint density at radius 2 is 2.12 bits per heavy atom. The van der Waals surface area contributed by atoms with Crippen molar-refractivity contribution in [3.05, 3.63) is 29.3 Å². The Morgan fingerprint density at radius 3 is 2.71 bits per heavy atom. The normalized spacial score (nSPS) is 10.0. The minimum atomic E-state index is -0.321. The molecule has 0 saturated heterocycles. The zero-order valence-electron chi connectivity index (χ0n) is 9.50. The van der Waals surface area contributed by atoms with Crippen molar-refractivity contribution in [2.24, 2.45) is 0 Å². The van der Waals surface area contributed by atoms with Crippen molar-refractivity contribution in [2.75, 3.05) is 5.88 Å². The van der Waals surface area contributed by atoms with Gasteiger partial charge in [-0.2, -0.15) is 0 Å². The van der Waals surface area contributed by atoms with Gasteiger partial charge in [-0.05, 0) is 18.2 Å². The summed E-state index contributed by atoms with van der Waals surface area (Å²) in [6.45, 7) is 1.92. The molecule has 0 spiro atoms. The fraction of sp³-hybridized carbons (Fsp3) is 0.333. The van der Waals surface area contributed by atoms with Gasteiger partial charge < -0.3 is 10.4 Å². The lowest BCUT2D eigenvalue weighted by Gasteiger charge is -2.07. The molecule has 0 radical (unpaired) electrons. The van der Waals surface area contributed by atoms with Crippen molar-refractivity contribution < 1.29 is 14.7 Å². The summed E-state index contributed by atoms with van der Waals surface area (Å²) in [5.74, 6) is -0.408. The summed E-state index contributed by atoms with van der Waals surface area (Å²) in [5, 5.41) is 12.1. The van der Waals surface area contributed by atoms with Crippen LogP contribution in [0, 0.1) is 0 Å². The number of alkyl halides is 1. The predicted molar refractivity (Wildman–Crippen MR) is 65.3 cm³/mol. The van der Waals surface area contributed by atoms with Crippen molar-refractivity contribution in [2.45, 2.75) is 19.9 Å². The van der Waals surface area contributed by atoms with Gasteiger partial charge in [0.1, 0.15) is 11.6 Å². The molecule has 17 heavy (non-hydrogen) atoms. The lowest BCUT2D eigenvalue weighted by atomic mass is 10.0. The number of amides is 1. The highest BCUT2D eigenvalue weighted by atomic mass is 35.5. The van der Waals surface area contributed by atoms with Gasteiger partial charge in [0.25, 0.3) is 0 Å². The Morgan fingerprint density at radius 1 is 1.41 bits per heavy atom. The van der Waals surface area contributed by atoms with Crippen LogP contribution in [0.25, 0.3) is 0 Å². The van der Waals surface area contributed by atoms with E-state index in [4.69, 9.17) is 11.6 Å². The van der Waals surface area contributed by atoms with Gasteiger partial charge >= 0.3 is 0 Å². The zero-order chi connectivity index (χ0) is 12.8. The second-order valence-electron chi connectivity index (χ2n) is 3.53. The van der Waals surface area contributed by atoms with E-state index in [-0.39, 0.29) is 29.9 Å². The number of carbonyl (C=O) groups is 2. The Labute approximate surface area is 105 Å². The van der Waals surface area contributed by atoms with Gasteiger partial charge in [0.2, 0.25) is 5.91 Å². The maximum absolute atomic E-state index is 11.5. The number of hydrogen-bond donors (Lipinski definition) is 2. The molecule has 0 atom stereocenters. The standard InChI is InChI=1S/C12H14ClNO3/c1-2-10(15)8-3-4-11(16)9(5-8)7-14-12(17)6-13/h3-5,16H,2,6-7H2,1H3,(H,14,17). The predicted octanol–water partition coefficient (Wildman–Crippen LogP) is 1.84. The number of hydrogen-bond acceptors (Lipinski definition) is 3. The van der Waals surface area contributed by atoms with E-state index in [1.54, 1.807) is 19.1 Å². The molecule has 0 unspecified atom stereocenters. The number of phenols is 1. The number of carbonyl (C=O) groups excluding carboxylic acids is 2. The first-order valence-electron chi connectivity index (χ1n) is 5.26. The fourth-order valence-corrected chi connectivity index (χ4v) is 1.44. The zero-order valence-corrected chi connectivity index (χ0v) is 10.3. The maximum Gasteiger partial charge on any atom is 0.235 e. The number of ketones is 1. The highest BCUT2D eigenvalue weighted by Crippen LogP contribution is 2.19. The third-order valence-corrected chi connectivity index (χ3v) is 2.56. The molecule has 1 rings (SSSR count). The van der Waals surface area contributed by atoms with Crippen LogP contribution in [0.15, 0.2) is 18.2 Å². The first-order chi connectivity index (χ1) is 8.08. The van der Waals surface area contributed by atoms with Crippen LogP contribution >= 0.6 is 11.6 Å². The van der Waals surface area contributed by atoms with Crippen LogP contribution in [-0.4, -0.2) is 22.7 Å². The first kappa shape index (κ1) is 13.5. The fourth-order valence-electron chi connectivity index (χ4n) is 1.35. The summed E-state index contributed by atoms with van der Waals surface area (Å²) in [6, 6.07) is 4.59.